The molecule has 0 heterocycles. The Balaban J connectivity index is 2.83. The van der Waals surface area contributed by atoms with Crippen LogP contribution in [-0.2, 0) is 11.3 Å². The Labute approximate surface area is 119 Å². The van der Waals surface area contributed by atoms with Gasteiger partial charge < -0.3 is 15.4 Å². The summed E-state index contributed by atoms with van der Waals surface area (Å²) in [6.45, 7) is 5.13. The van der Waals surface area contributed by atoms with Crippen LogP contribution in [0.2, 0.25) is 0 Å². The van der Waals surface area contributed by atoms with E-state index in [1.165, 1.54) is 13.2 Å². The molecule has 4 nitrogen and oxygen atoms in total. The average molecular weight is 282 g/mol. The average Bonchev–Trinajstić information content (AvgIpc) is 2.46. The van der Waals surface area contributed by atoms with Crippen LogP contribution in [-0.4, -0.2) is 31.0 Å². The first-order valence-corrected chi connectivity index (χ1v) is 6.88. The summed E-state index contributed by atoms with van der Waals surface area (Å²) in [5.41, 5.74) is 6.35. The molecule has 0 saturated carbocycles. The molecule has 1 atom stereocenters. The van der Waals surface area contributed by atoms with E-state index in [4.69, 9.17) is 10.5 Å². The van der Waals surface area contributed by atoms with E-state index in [0.717, 1.165) is 5.56 Å². The van der Waals surface area contributed by atoms with E-state index in [2.05, 4.69) is 0 Å². The van der Waals surface area contributed by atoms with Gasteiger partial charge in [-0.25, -0.2) is 4.39 Å². The Morgan fingerprint density at radius 2 is 2.15 bits per heavy atom. The highest BCUT2D eigenvalue weighted by Gasteiger charge is 2.21. The highest BCUT2D eigenvalue weighted by molar-refractivity contribution is 5.79. The summed E-state index contributed by atoms with van der Waals surface area (Å²) in [6.07, 6.45) is 0.711. The summed E-state index contributed by atoms with van der Waals surface area (Å²) in [7, 11) is 1.42. The number of rotatable bonds is 7. The molecule has 1 amide bonds. The van der Waals surface area contributed by atoms with Gasteiger partial charge >= 0.3 is 0 Å². The van der Waals surface area contributed by atoms with Crippen LogP contribution in [0.4, 0.5) is 4.39 Å². The largest absolute Gasteiger partial charge is 0.494 e. The van der Waals surface area contributed by atoms with Crippen molar-refractivity contribution in [3.63, 3.8) is 0 Å². The smallest absolute Gasteiger partial charge is 0.227 e. The van der Waals surface area contributed by atoms with Crippen LogP contribution in [0.1, 0.15) is 25.8 Å². The molecular weight excluding hydrogens is 259 g/mol. The van der Waals surface area contributed by atoms with Gasteiger partial charge in [-0.2, -0.15) is 0 Å². The quantitative estimate of drug-likeness (QED) is 0.834. The van der Waals surface area contributed by atoms with Crippen molar-refractivity contribution in [3.8, 4) is 5.75 Å². The number of carbonyl (C=O) groups excluding carboxylic acids is 1. The van der Waals surface area contributed by atoms with Crippen molar-refractivity contribution < 1.29 is 13.9 Å². The van der Waals surface area contributed by atoms with Crippen LogP contribution in [0.3, 0.4) is 0 Å². The Morgan fingerprint density at radius 3 is 2.60 bits per heavy atom. The minimum absolute atomic E-state index is 0.0220. The lowest BCUT2D eigenvalue weighted by Crippen LogP contribution is -2.38. The molecular formula is C15H23FN2O2. The highest BCUT2D eigenvalue weighted by atomic mass is 19.1. The molecule has 112 valence electrons. The minimum atomic E-state index is -0.417. The molecule has 0 aromatic heterocycles. The van der Waals surface area contributed by atoms with Gasteiger partial charge in [0.2, 0.25) is 5.91 Å². The molecule has 0 fully saturated rings. The van der Waals surface area contributed by atoms with Crippen LogP contribution in [0, 0.1) is 11.7 Å². The van der Waals surface area contributed by atoms with Crippen LogP contribution in [0.5, 0.6) is 5.75 Å². The zero-order valence-electron chi connectivity index (χ0n) is 12.4. The number of carbonyl (C=O) groups is 1. The maximum atomic E-state index is 13.6. The van der Waals surface area contributed by atoms with E-state index >= 15 is 0 Å². The fourth-order valence-electron chi connectivity index (χ4n) is 2.07. The second kappa shape index (κ2) is 7.85. The monoisotopic (exact) mass is 282 g/mol. The number of hydrogen-bond acceptors (Lipinski definition) is 3. The minimum Gasteiger partial charge on any atom is -0.494 e. The van der Waals surface area contributed by atoms with Gasteiger partial charge in [-0.05, 0) is 31.0 Å². The molecule has 0 aliphatic carbocycles. The van der Waals surface area contributed by atoms with Crippen molar-refractivity contribution in [2.45, 2.75) is 26.8 Å². The second-order valence-corrected chi connectivity index (χ2v) is 4.66. The summed E-state index contributed by atoms with van der Waals surface area (Å²) >= 11 is 0. The van der Waals surface area contributed by atoms with Crippen LogP contribution in [0.15, 0.2) is 18.2 Å². The SMILES string of the molecule is CCC(CN)C(=O)N(CC)Cc1ccc(OC)c(F)c1. The molecule has 0 spiro atoms. The lowest BCUT2D eigenvalue weighted by atomic mass is 10.0. The molecule has 0 aliphatic rings. The molecule has 2 N–H and O–H groups in total. The topological polar surface area (TPSA) is 55.6 Å². The molecule has 5 heteroatoms. The maximum absolute atomic E-state index is 13.6. The Hall–Kier alpha value is -1.62. The number of halogens is 1. The van der Waals surface area contributed by atoms with Gasteiger partial charge in [0, 0.05) is 19.6 Å². The number of ether oxygens (including phenoxy) is 1. The van der Waals surface area contributed by atoms with Gasteiger partial charge in [0.25, 0.3) is 0 Å². The number of methoxy groups -OCH3 is 1. The number of amides is 1. The Bertz CT molecular complexity index is 447. The van der Waals surface area contributed by atoms with E-state index < -0.39 is 5.82 Å². The maximum Gasteiger partial charge on any atom is 0.227 e. The summed E-state index contributed by atoms with van der Waals surface area (Å²) in [4.78, 5) is 14.0. The van der Waals surface area contributed by atoms with Gasteiger partial charge in [0.05, 0.1) is 13.0 Å². The third-order valence-corrected chi connectivity index (χ3v) is 3.41. The predicted molar refractivity (Wildman–Crippen MR) is 76.9 cm³/mol. The third-order valence-electron chi connectivity index (χ3n) is 3.41. The number of benzene rings is 1. The van der Waals surface area contributed by atoms with Crippen molar-refractivity contribution in [1.29, 1.82) is 0 Å². The molecule has 0 radical (unpaired) electrons. The van der Waals surface area contributed by atoms with Crippen LogP contribution < -0.4 is 10.5 Å². The van der Waals surface area contributed by atoms with Gasteiger partial charge in [-0.15, -0.1) is 0 Å². The number of nitrogens with two attached hydrogens (primary N) is 1. The summed E-state index contributed by atoms with van der Waals surface area (Å²) < 4.78 is 18.5. The lowest BCUT2D eigenvalue weighted by molar-refractivity contribution is -0.135. The predicted octanol–water partition coefficient (Wildman–Crippen LogP) is 2.17. The third kappa shape index (κ3) is 3.93. The van der Waals surface area contributed by atoms with Gasteiger partial charge in [0.15, 0.2) is 11.6 Å². The summed E-state index contributed by atoms with van der Waals surface area (Å²) in [6, 6.07) is 4.74. The van der Waals surface area contributed by atoms with Crippen molar-refractivity contribution in [2.75, 3.05) is 20.2 Å². The molecule has 1 rings (SSSR count). The first-order chi connectivity index (χ1) is 9.57. The van der Waals surface area contributed by atoms with Crippen molar-refractivity contribution in [1.82, 2.24) is 4.90 Å². The molecule has 1 unspecified atom stereocenters. The van der Waals surface area contributed by atoms with Gasteiger partial charge in [-0.3, -0.25) is 4.79 Å². The van der Waals surface area contributed by atoms with Crippen molar-refractivity contribution in [2.24, 2.45) is 11.7 Å². The first kappa shape index (κ1) is 16.4. The van der Waals surface area contributed by atoms with Gasteiger partial charge in [-0.1, -0.05) is 13.0 Å². The van der Waals surface area contributed by atoms with Gasteiger partial charge in [0.1, 0.15) is 0 Å². The van der Waals surface area contributed by atoms with E-state index in [-0.39, 0.29) is 17.6 Å². The second-order valence-electron chi connectivity index (χ2n) is 4.66. The molecule has 0 bridgehead atoms. The molecule has 1 aromatic carbocycles. The standard InChI is InChI=1S/C15H23FN2O2/c1-4-12(9-17)15(19)18(5-2)10-11-6-7-14(20-3)13(16)8-11/h6-8,12H,4-5,9-10,17H2,1-3H3. The van der Waals surface area contributed by atoms with E-state index in [1.54, 1.807) is 17.0 Å². The Morgan fingerprint density at radius 1 is 1.45 bits per heavy atom. The molecule has 20 heavy (non-hydrogen) atoms. The zero-order chi connectivity index (χ0) is 15.1. The van der Waals surface area contributed by atoms with E-state index in [1.807, 2.05) is 13.8 Å². The molecule has 0 aliphatic heterocycles. The van der Waals surface area contributed by atoms with E-state index in [9.17, 15) is 9.18 Å². The van der Waals surface area contributed by atoms with Crippen LogP contribution >= 0.6 is 0 Å². The first-order valence-electron chi connectivity index (χ1n) is 6.88. The number of nitrogens with zero attached hydrogens (tertiary/aromatic N) is 1. The summed E-state index contributed by atoms with van der Waals surface area (Å²) in [5, 5.41) is 0. The molecule has 1 aromatic rings. The van der Waals surface area contributed by atoms with Crippen molar-refractivity contribution in [3.05, 3.63) is 29.6 Å². The van der Waals surface area contributed by atoms with Crippen LogP contribution in [0.25, 0.3) is 0 Å². The van der Waals surface area contributed by atoms with E-state index in [0.29, 0.717) is 26.1 Å². The van der Waals surface area contributed by atoms with Crippen molar-refractivity contribution >= 4 is 5.91 Å². The molecule has 0 saturated heterocycles. The fourth-order valence-corrected chi connectivity index (χ4v) is 2.07. The zero-order valence-corrected chi connectivity index (χ0v) is 12.4. The highest BCUT2D eigenvalue weighted by Crippen LogP contribution is 2.19. The lowest BCUT2D eigenvalue weighted by Gasteiger charge is -2.25. The normalized spacial score (nSPS) is 12.1. The summed E-state index contributed by atoms with van der Waals surface area (Å²) in [5.74, 6) is -0.359. The Kier molecular flexibility index (Phi) is 6.45. The fraction of sp³-hybridized carbons (Fsp3) is 0.533. The number of hydrogen-bond donors (Lipinski definition) is 1.